The lowest BCUT2D eigenvalue weighted by Gasteiger charge is -2.26. The highest BCUT2D eigenvalue weighted by Crippen LogP contribution is 2.30. The van der Waals surface area contributed by atoms with E-state index < -0.39 is 5.82 Å². The smallest absolute Gasteiger partial charge is 0.225 e. The molecular formula is C12H8Cl2F2N4. The lowest BCUT2D eigenvalue weighted by Crippen LogP contribution is -2.30. The van der Waals surface area contributed by atoms with Gasteiger partial charge in [-0.05, 0) is 24.1 Å². The first-order valence-corrected chi connectivity index (χ1v) is 6.58. The molecule has 4 nitrogen and oxygen atoms in total. The summed E-state index contributed by atoms with van der Waals surface area (Å²) in [7, 11) is 0. The van der Waals surface area contributed by atoms with E-state index >= 15 is 0 Å². The average molecular weight is 317 g/mol. The van der Waals surface area contributed by atoms with Crippen molar-refractivity contribution < 1.29 is 8.78 Å². The fraction of sp³-hybridized carbons (Fsp3) is 0.250. The Morgan fingerprint density at radius 1 is 1.20 bits per heavy atom. The SMILES string of the molecule is FC1=CCCN(c2nc(Cl)nc3c(F)c(Cl)ncc23)C1. The molecule has 2 aromatic rings. The minimum Gasteiger partial charge on any atom is -0.349 e. The molecule has 1 aliphatic heterocycles. The van der Waals surface area contributed by atoms with Crippen LogP contribution in [0.3, 0.4) is 0 Å². The third-order valence-corrected chi connectivity index (χ3v) is 3.43. The van der Waals surface area contributed by atoms with Crippen molar-refractivity contribution in [1.82, 2.24) is 15.0 Å². The van der Waals surface area contributed by atoms with Crippen molar-refractivity contribution in [2.45, 2.75) is 6.42 Å². The maximum absolute atomic E-state index is 14.0. The molecule has 104 valence electrons. The standard InChI is InChI=1S/C12H8Cl2F2N4/c13-10-8(16)9-7(4-17-10)11(19-12(14)18-9)20-3-1-2-6(15)5-20/h2,4H,1,3,5H2. The van der Waals surface area contributed by atoms with Crippen molar-refractivity contribution in [3.05, 3.63) is 34.4 Å². The van der Waals surface area contributed by atoms with E-state index in [2.05, 4.69) is 15.0 Å². The molecule has 0 fully saturated rings. The van der Waals surface area contributed by atoms with Crippen molar-refractivity contribution in [1.29, 1.82) is 0 Å². The van der Waals surface area contributed by atoms with E-state index in [9.17, 15) is 8.78 Å². The van der Waals surface area contributed by atoms with Gasteiger partial charge in [0.05, 0.1) is 11.9 Å². The molecule has 3 heterocycles. The van der Waals surface area contributed by atoms with Gasteiger partial charge < -0.3 is 4.90 Å². The summed E-state index contributed by atoms with van der Waals surface area (Å²) >= 11 is 11.4. The van der Waals surface area contributed by atoms with Crippen LogP contribution in [0.5, 0.6) is 0 Å². The zero-order chi connectivity index (χ0) is 14.3. The maximum atomic E-state index is 14.0. The van der Waals surface area contributed by atoms with Crippen molar-refractivity contribution >= 4 is 39.9 Å². The minimum absolute atomic E-state index is 0.0186. The molecule has 0 N–H and O–H groups in total. The molecule has 0 aromatic carbocycles. The summed E-state index contributed by atoms with van der Waals surface area (Å²) in [4.78, 5) is 13.3. The zero-order valence-corrected chi connectivity index (χ0v) is 11.6. The van der Waals surface area contributed by atoms with Gasteiger partial charge in [0.15, 0.2) is 11.0 Å². The highest BCUT2D eigenvalue weighted by Gasteiger charge is 2.20. The van der Waals surface area contributed by atoms with Gasteiger partial charge in [0, 0.05) is 12.7 Å². The number of hydrogen-bond acceptors (Lipinski definition) is 4. The van der Waals surface area contributed by atoms with Crippen LogP contribution in [-0.4, -0.2) is 28.0 Å². The molecule has 0 unspecified atom stereocenters. The molecule has 0 bridgehead atoms. The van der Waals surface area contributed by atoms with Crippen LogP contribution in [0.1, 0.15) is 6.42 Å². The second-order valence-corrected chi connectivity index (χ2v) is 5.00. The van der Waals surface area contributed by atoms with E-state index in [-0.39, 0.29) is 28.3 Å². The van der Waals surface area contributed by atoms with Crippen molar-refractivity contribution in [3.63, 3.8) is 0 Å². The van der Waals surface area contributed by atoms with Gasteiger partial charge in [0.1, 0.15) is 17.2 Å². The molecule has 0 saturated carbocycles. The van der Waals surface area contributed by atoms with Gasteiger partial charge in [0.2, 0.25) is 5.28 Å². The predicted molar refractivity (Wildman–Crippen MR) is 73.3 cm³/mol. The molecule has 0 amide bonds. The zero-order valence-electron chi connectivity index (χ0n) is 10.1. The van der Waals surface area contributed by atoms with Gasteiger partial charge >= 0.3 is 0 Å². The summed E-state index contributed by atoms with van der Waals surface area (Å²) in [5.41, 5.74) is -0.0186. The van der Waals surface area contributed by atoms with Crippen LogP contribution >= 0.6 is 23.2 Å². The van der Waals surface area contributed by atoms with E-state index in [1.807, 2.05) is 0 Å². The summed E-state index contributed by atoms with van der Waals surface area (Å²) < 4.78 is 27.4. The summed E-state index contributed by atoms with van der Waals surface area (Å²) in [5.74, 6) is -0.671. The largest absolute Gasteiger partial charge is 0.349 e. The Labute approximate surface area is 123 Å². The third kappa shape index (κ3) is 2.29. The van der Waals surface area contributed by atoms with Crippen LogP contribution in [0.4, 0.5) is 14.6 Å². The Hall–Kier alpha value is -1.53. The summed E-state index contributed by atoms with van der Waals surface area (Å²) in [6.07, 6.45) is 3.41. The Bertz CT molecular complexity index is 720. The number of pyridine rings is 1. The second kappa shape index (κ2) is 5.10. The van der Waals surface area contributed by atoms with Crippen molar-refractivity contribution in [2.75, 3.05) is 18.0 Å². The van der Waals surface area contributed by atoms with E-state index in [0.717, 1.165) is 0 Å². The molecule has 0 radical (unpaired) electrons. The van der Waals surface area contributed by atoms with Gasteiger partial charge in [-0.25, -0.2) is 18.7 Å². The maximum Gasteiger partial charge on any atom is 0.225 e. The summed E-state index contributed by atoms with van der Waals surface area (Å²) in [6.45, 7) is 0.618. The first-order valence-electron chi connectivity index (χ1n) is 5.83. The quantitative estimate of drug-likeness (QED) is 0.596. The van der Waals surface area contributed by atoms with E-state index in [1.54, 1.807) is 4.90 Å². The van der Waals surface area contributed by atoms with E-state index in [4.69, 9.17) is 23.2 Å². The molecule has 3 rings (SSSR count). The fourth-order valence-corrected chi connectivity index (χ4v) is 2.42. The van der Waals surface area contributed by atoms with Gasteiger partial charge in [-0.3, -0.25) is 0 Å². The molecule has 20 heavy (non-hydrogen) atoms. The highest BCUT2D eigenvalue weighted by molar-refractivity contribution is 6.30. The Morgan fingerprint density at radius 2 is 2.00 bits per heavy atom. The van der Waals surface area contributed by atoms with Gasteiger partial charge in [-0.2, -0.15) is 4.98 Å². The molecule has 8 heteroatoms. The Balaban J connectivity index is 2.20. The molecule has 0 spiro atoms. The van der Waals surface area contributed by atoms with E-state index in [0.29, 0.717) is 24.2 Å². The Morgan fingerprint density at radius 3 is 2.75 bits per heavy atom. The molecule has 0 saturated heterocycles. The second-order valence-electron chi connectivity index (χ2n) is 4.30. The van der Waals surface area contributed by atoms with Crippen LogP contribution in [0, 0.1) is 5.82 Å². The van der Waals surface area contributed by atoms with Crippen LogP contribution in [0.15, 0.2) is 18.1 Å². The van der Waals surface area contributed by atoms with Crippen LogP contribution < -0.4 is 4.90 Å². The summed E-state index contributed by atoms with van der Waals surface area (Å²) in [5, 5.41) is -0.0578. The van der Waals surface area contributed by atoms with Gasteiger partial charge in [-0.15, -0.1) is 0 Å². The molecule has 2 aromatic heterocycles. The number of aromatic nitrogens is 3. The first kappa shape index (κ1) is 13.5. The molecular weight excluding hydrogens is 309 g/mol. The van der Waals surface area contributed by atoms with Crippen molar-refractivity contribution in [3.8, 4) is 0 Å². The fourth-order valence-electron chi connectivity index (χ4n) is 2.12. The molecule has 1 aliphatic rings. The average Bonchev–Trinajstić information content (AvgIpc) is 2.43. The van der Waals surface area contributed by atoms with Crippen LogP contribution in [-0.2, 0) is 0 Å². The van der Waals surface area contributed by atoms with Crippen LogP contribution in [0.25, 0.3) is 10.9 Å². The first-order chi connectivity index (χ1) is 9.56. The van der Waals surface area contributed by atoms with E-state index in [1.165, 1.54) is 12.3 Å². The van der Waals surface area contributed by atoms with Gasteiger partial charge in [-0.1, -0.05) is 11.6 Å². The topological polar surface area (TPSA) is 41.9 Å². The molecule has 0 aliphatic carbocycles. The lowest BCUT2D eigenvalue weighted by molar-refractivity contribution is 0.573. The number of halogens is 4. The predicted octanol–water partition coefficient (Wildman–Crippen LogP) is 3.53. The number of rotatable bonds is 1. The van der Waals surface area contributed by atoms with Crippen molar-refractivity contribution in [2.24, 2.45) is 0 Å². The van der Waals surface area contributed by atoms with Crippen LogP contribution in [0.2, 0.25) is 10.4 Å². The highest BCUT2D eigenvalue weighted by atomic mass is 35.5. The normalized spacial score (nSPS) is 15.6. The number of anilines is 1. The monoisotopic (exact) mass is 316 g/mol. The number of hydrogen-bond donors (Lipinski definition) is 0. The third-order valence-electron chi connectivity index (χ3n) is 3.00. The van der Waals surface area contributed by atoms with Gasteiger partial charge in [0.25, 0.3) is 0 Å². The number of nitrogens with zero attached hydrogens (tertiary/aromatic N) is 4. The Kier molecular flexibility index (Phi) is 3.43. The molecule has 0 atom stereocenters. The number of fused-ring (bicyclic) bond motifs is 1. The summed E-state index contributed by atoms with van der Waals surface area (Å²) in [6, 6.07) is 0. The lowest BCUT2D eigenvalue weighted by atomic mass is 10.2. The minimum atomic E-state index is -0.761.